The van der Waals surface area contributed by atoms with Crippen LogP contribution in [0.3, 0.4) is 0 Å². The second-order valence-electron chi connectivity index (χ2n) is 4.58. The van der Waals surface area contributed by atoms with Gasteiger partial charge in [0.25, 0.3) is 5.03 Å². The molecule has 2 aromatic heterocycles. The molecule has 108 valence electrons. The summed E-state index contributed by atoms with van der Waals surface area (Å²) in [7, 11) is 0. The average molecular weight is 328 g/mol. The zero-order valence-corrected chi connectivity index (χ0v) is 13.1. The Morgan fingerprint density at radius 3 is 2.73 bits per heavy atom. The quantitative estimate of drug-likeness (QED) is 0.659. The molecule has 22 heavy (non-hydrogen) atoms. The number of aromatic amines is 1. The fraction of sp³-hybridized carbons (Fsp3) is 0.0588. The fourth-order valence-electron chi connectivity index (χ4n) is 2.02. The van der Waals surface area contributed by atoms with Gasteiger partial charge in [-0.05, 0) is 29.8 Å². The summed E-state index contributed by atoms with van der Waals surface area (Å²) in [4.78, 5) is 3.26. The van der Waals surface area contributed by atoms with Crippen LogP contribution in [-0.4, -0.2) is 0 Å². The van der Waals surface area contributed by atoms with Gasteiger partial charge in [-0.2, -0.15) is 10.2 Å². The van der Waals surface area contributed by atoms with E-state index >= 15 is 0 Å². The summed E-state index contributed by atoms with van der Waals surface area (Å²) < 4.78 is 5.39. The first kappa shape index (κ1) is 14.7. The molecule has 0 saturated carbocycles. The molecule has 1 N–H and O–H groups in total. The Labute approximate surface area is 137 Å². The van der Waals surface area contributed by atoms with Crippen molar-refractivity contribution in [2.75, 3.05) is 0 Å². The number of nitriles is 1. The number of thioether (sulfide) groups is 1. The normalized spacial score (nSPS) is 10.4. The number of benzene rings is 1. The summed E-state index contributed by atoms with van der Waals surface area (Å²) in [6.07, 6.45) is 1.62. The van der Waals surface area contributed by atoms with Crippen molar-refractivity contribution in [2.24, 2.45) is 0 Å². The van der Waals surface area contributed by atoms with Crippen LogP contribution in [0.25, 0.3) is 11.5 Å². The summed E-state index contributed by atoms with van der Waals surface area (Å²) in [6.45, 7) is 0. The Morgan fingerprint density at radius 1 is 1.14 bits per heavy atom. The molecule has 2 heterocycles. The highest BCUT2D eigenvalue weighted by molar-refractivity contribution is 7.98. The Balaban J connectivity index is 1.87. The van der Waals surface area contributed by atoms with E-state index in [4.69, 9.17) is 16.0 Å². The van der Waals surface area contributed by atoms with Gasteiger partial charge in [0, 0.05) is 16.8 Å². The first-order valence-electron chi connectivity index (χ1n) is 6.64. The van der Waals surface area contributed by atoms with Crippen LogP contribution < -0.4 is 4.98 Å². The number of pyridine rings is 1. The van der Waals surface area contributed by atoms with E-state index in [0.717, 1.165) is 27.1 Å². The molecule has 0 aliphatic heterocycles. The Bertz CT molecular complexity index is 825. The lowest BCUT2D eigenvalue weighted by molar-refractivity contribution is -0.415. The van der Waals surface area contributed by atoms with Crippen molar-refractivity contribution in [1.29, 1.82) is 5.26 Å². The lowest BCUT2D eigenvalue weighted by atomic mass is 10.2. The highest BCUT2D eigenvalue weighted by Crippen LogP contribution is 2.27. The highest BCUT2D eigenvalue weighted by atomic mass is 35.5. The molecule has 0 aliphatic rings. The van der Waals surface area contributed by atoms with E-state index < -0.39 is 0 Å². The summed E-state index contributed by atoms with van der Waals surface area (Å²) in [5.74, 6) is 1.43. The number of rotatable bonds is 4. The van der Waals surface area contributed by atoms with Crippen molar-refractivity contribution < 1.29 is 9.40 Å². The molecule has 3 nitrogen and oxygen atoms in total. The van der Waals surface area contributed by atoms with E-state index in [2.05, 4.69) is 11.1 Å². The van der Waals surface area contributed by atoms with E-state index in [9.17, 15) is 5.26 Å². The molecule has 3 rings (SSSR count). The van der Waals surface area contributed by atoms with Crippen molar-refractivity contribution in [3.05, 3.63) is 70.9 Å². The maximum Gasteiger partial charge on any atom is 0.257 e. The van der Waals surface area contributed by atoms with E-state index in [1.165, 1.54) is 0 Å². The number of aromatic nitrogens is 1. The lowest BCUT2D eigenvalue weighted by Crippen LogP contribution is -2.12. The minimum Gasteiger partial charge on any atom is -0.458 e. The minimum atomic E-state index is 0.604. The molecular weight excluding hydrogens is 316 g/mol. The number of hydrogen-bond acceptors (Lipinski definition) is 3. The Hall–Kier alpha value is -2.22. The van der Waals surface area contributed by atoms with E-state index in [1.807, 2.05) is 42.5 Å². The number of furan rings is 1. The van der Waals surface area contributed by atoms with Crippen LogP contribution in [0.5, 0.6) is 0 Å². The smallest absolute Gasteiger partial charge is 0.257 e. The zero-order chi connectivity index (χ0) is 15.4. The molecule has 0 spiro atoms. The monoisotopic (exact) mass is 327 g/mol. The number of halogens is 1. The molecule has 0 unspecified atom stereocenters. The first-order chi connectivity index (χ1) is 10.8. The third-order valence-electron chi connectivity index (χ3n) is 3.15. The molecular formula is C17H12ClN2OS+. The van der Waals surface area contributed by atoms with Crippen LogP contribution in [0.15, 0.2) is 64.2 Å². The van der Waals surface area contributed by atoms with Crippen LogP contribution >= 0.6 is 23.4 Å². The third kappa shape index (κ3) is 3.16. The van der Waals surface area contributed by atoms with Crippen LogP contribution in [0.2, 0.25) is 5.02 Å². The van der Waals surface area contributed by atoms with Crippen molar-refractivity contribution >= 4 is 23.4 Å². The van der Waals surface area contributed by atoms with Crippen molar-refractivity contribution in [1.82, 2.24) is 0 Å². The average Bonchev–Trinajstić information content (AvgIpc) is 3.08. The third-order valence-corrected chi connectivity index (χ3v) is 4.58. The Morgan fingerprint density at radius 2 is 2.00 bits per heavy atom. The van der Waals surface area contributed by atoms with E-state index in [-0.39, 0.29) is 0 Å². The molecule has 0 bridgehead atoms. The zero-order valence-electron chi connectivity index (χ0n) is 11.5. The fourth-order valence-corrected chi connectivity index (χ4v) is 3.30. The van der Waals surface area contributed by atoms with Gasteiger partial charge >= 0.3 is 0 Å². The van der Waals surface area contributed by atoms with Gasteiger partial charge in [-0.1, -0.05) is 41.6 Å². The van der Waals surface area contributed by atoms with Gasteiger partial charge in [-0.3, -0.25) is 0 Å². The van der Waals surface area contributed by atoms with Crippen molar-refractivity contribution in [3.8, 4) is 17.5 Å². The summed E-state index contributed by atoms with van der Waals surface area (Å²) in [6, 6.07) is 17.3. The number of hydrogen-bond donors (Lipinski definition) is 0. The van der Waals surface area contributed by atoms with E-state index in [1.54, 1.807) is 24.1 Å². The summed E-state index contributed by atoms with van der Waals surface area (Å²) in [5, 5.41) is 10.8. The van der Waals surface area contributed by atoms with Crippen molar-refractivity contribution in [3.63, 3.8) is 0 Å². The molecule has 0 radical (unpaired) electrons. The molecule has 5 heteroatoms. The van der Waals surface area contributed by atoms with Gasteiger partial charge in [-0.25, -0.2) is 0 Å². The van der Waals surface area contributed by atoms with E-state index in [0.29, 0.717) is 11.3 Å². The van der Waals surface area contributed by atoms with Crippen LogP contribution in [0.1, 0.15) is 11.1 Å². The van der Waals surface area contributed by atoms with Gasteiger partial charge in [0.1, 0.15) is 11.6 Å². The number of nitrogens with one attached hydrogen (secondary N) is 1. The summed E-state index contributed by atoms with van der Waals surface area (Å²) in [5.41, 5.74) is 2.48. The molecule has 0 saturated heterocycles. The standard InChI is InChI=1S/C17H11ClN2OS/c18-14-5-2-1-4-13(14)11-22-17-12(10-19)7-8-15(20-17)16-6-3-9-21-16/h1-9H,11H2/p+1. The molecule has 0 amide bonds. The molecule has 0 aliphatic carbocycles. The van der Waals surface area contributed by atoms with Gasteiger partial charge in [0.15, 0.2) is 5.76 Å². The molecule has 3 aromatic rings. The largest absolute Gasteiger partial charge is 0.458 e. The minimum absolute atomic E-state index is 0.604. The van der Waals surface area contributed by atoms with Gasteiger partial charge in [0.05, 0.1) is 6.26 Å². The topological polar surface area (TPSA) is 51.1 Å². The van der Waals surface area contributed by atoms with Gasteiger partial charge < -0.3 is 4.42 Å². The SMILES string of the molecule is N#Cc1ccc(-c2ccco2)[nH+]c1SCc1ccccc1Cl. The second-order valence-corrected chi connectivity index (χ2v) is 5.98. The summed E-state index contributed by atoms with van der Waals surface area (Å²) >= 11 is 7.72. The lowest BCUT2D eigenvalue weighted by Gasteiger charge is -2.02. The number of nitrogens with zero attached hydrogens (tertiary/aromatic N) is 1. The first-order valence-corrected chi connectivity index (χ1v) is 8.01. The molecule has 0 fully saturated rings. The van der Waals surface area contributed by atoms with Crippen molar-refractivity contribution in [2.45, 2.75) is 10.8 Å². The molecule has 0 atom stereocenters. The number of H-pyrrole nitrogens is 1. The van der Waals surface area contributed by atoms with Crippen LogP contribution in [0, 0.1) is 11.3 Å². The highest BCUT2D eigenvalue weighted by Gasteiger charge is 2.16. The Kier molecular flexibility index (Phi) is 4.47. The van der Waals surface area contributed by atoms with Crippen LogP contribution in [-0.2, 0) is 5.75 Å². The molecule has 1 aromatic carbocycles. The maximum atomic E-state index is 9.26. The van der Waals surface area contributed by atoms with Gasteiger partial charge in [0.2, 0.25) is 5.69 Å². The maximum absolute atomic E-state index is 9.26. The predicted octanol–water partition coefficient (Wildman–Crippen LogP) is 4.58. The predicted molar refractivity (Wildman–Crippen MR) is 86.4 cm³/mol. The second kappa shape index (κ2) is 6.69. The van der Waals surface area contributed by atoms with Gasteiger partial charge in [-0.15, -0.1) is 0 Å². The van der Waals surface area contributed by atoms with Crippen LogP contribution in [0.4, 0.5) is 0 Å².